The SMILES string of the molecule is CC[C@H]1C(=O)C[C@H]2[C@@H]3CC[C@H]4C[C@H](O)[C@@H](O)C[C@]4(C)[C@H]3CC[C@]12C. The zero-order valence-electron chi connectivity index (χ0n) is 15.5. The second-order valence-electron chi connectivity index (χ2n) is 9.91. The Hall–Kier alpha value is -0.410. The van der Waals surface area contributed by atoms with Crippen LogP contribution < -0.4 is 0 Å². The molecule has 0 amide bonds. The third-order valence-electron chi connectivity index (χ3n) is 9.14. The molecule has 0 radical (unpaired) electrons. The molecule has 0 aliphatic heterocycles. The van der Waals surface area contributed by atoms with E-state index in [-0.39, 0.29) is 16.7 Å². The monoisotopic (exact) mass is 334 g/mol. The van der Waals surface area contributed by atoms with Crippen LogP contribution >= 0.6 is 0 Å². The zero-order valence-corrected chi connectivity index (χ0v) is 15.5. The lowest BCUT2D eigenvalue weighted by Gasteiger charge is -2.61. The molecule has 4 aliphatic carbocycles. The Morgan fingerprint density at radius 3 is 2.50 bits per heavy atom. The quantitative estimate of drug-likeness (QED) is 0.771. The minimum absolute atomic E-state index is 0.149. The third kappa shape index (κ3) is 2.13. The summed E-state index contributed by atoms with van der Waals surface area (Å²) >= 11 is 0. The molecule has 24 heavy (non-hydrogen) atoms. The van der Waals surface area contributed by atoms with E-state index in [4.69, 9.17) is 0 Å². The van der Waals surface area contributed by atoms with Crippen LogP contribution in [0.3, 0.4) is 0 Å². The number of hydrogen-bond acceptors (Lipinski definition) is 3. The van der Waals surface area contributed by atoms with Crippen molar-refractivity contribution in [2.45, 2.75) is 84.3 Å². The summed E-state index contributed by atoms with van der Waals surface area (Å²) < 4.78 is 0. The molecule has 0 aromatic carbocycles. The summed E-state index contributed by atoms with van der Waals surface area (Å²) in [5.74, 6) is 3.15. The standard InChI is InChI=1S/C21H34O3/c1-4-14-17(22)10-16-13-6-5-12-9-18(23)19(24)11-21(12,3)15(13)7-8-20(14,16)2/h12-16,18-19,23-24H,4-11H2,1-3H3/t12-,13+,14-,15-,16-,18-,19-,20+,21-/m0/s1. The molecular weight excluding hydrogens is 300 g/mol. The van der Waals surface area contributed by atoms with Gasteiger partial charge in [-0.1, -0.05) is 20.8 Å². The Labute approximate surface area is 146 Å². The molecule has 0 unspecified atom stereocenters. The minimum Gasteiger partial charge on any atom is -0.390 e. The molecule has 0 aromatic rings. The molecule has 0 saturated heterocycles. The van der Waals surface area contributed by atoms with Crippen LogP contribution in [0.5, 0.6) is 0 Å². The fourth-order valence-electron chi connectivity index (χ4n) is 7.86. The summed E-state index contributed by atoms with van der Waals surface area (Å²) in [5.41, 5.74) is 0.360. The van der Waals surface area contributed by atoms with Gasteiger partial charge in [0.25, 0.3) is 0 Å². The van der Waals surface area contributed by atoms with Gasteiger partial charge in [0, 0.05) is 12.3 Å². The van der Waals surface area contributed by atoms with E-state index in [0.717, 1.165) is 25.7 Å². The molecule has 4 rings (SSSR count). The van der Waals surface area contributed by atoms with Crippen molar-refractivity contribution in [3.05, 3.63) is 0 Å². The van der Waals surface area contributed by atoms with Crippen LogP contribution in [0.2, 0.25) is 0 Å². The number of carbonyl (C=O) groups is 1. The Kier molecular flexibility index (Phi) is 3.93. The number of carbonyl (C=O) groups excluding carboxylic acids is 1. The fourth-order valence-corrected chi connectivity index (χ4v) is 7.86. The van der Waals surface area contributed by atoms with Gasteiger partial charge in [-0.3, -0.25) is 4.79 Å². The van der Waals surface area contributed by atoms with Gasteiger partial charge in [-0.05, 0) is 79.4 Å². The predicted octanol–water partition coefficient (Wildman–Crippen LogP) is 3.57. The summed E-state index contributed by atoms with van der Waals surface area (Å²) in [4.78, 5) is 12.6. The fraction of sp³-hybridized carbons (Fsp3) is 0.952. The molecule has 0 heterocycles. The van der Waals surface area contributed by atoms with Crippen molar-refractivity contribution in [3.8, 4) is 0 Å². The third-order valence-corrected chi connectivity index (χ3v) is 9.14. The van der Waals surface area contributed by atoms with E-state index in [9.17, 15) is 15.0 Å². The molecule has 3 nitrogen and oxygen atoms in total. The van der Waals surface area contributed by atoms with Gasteiger partial charge in [0.1, 0.15) is 5.78 Å². The summed E-state index contributed by atoms with van der Waals surface area (Å²) in [5, 5.41) is 20.5. The second-order valence-corrected chi connectivity index (χ2v) is 9.91. The lowest BCUT2D eigenvalue weighted by atomic mass is 9.44. The van der Waals surface area contributed by atoms with Crippen molar-refractivity contribution in [2.24, 2.45) is 40.4 Å². The number of ketones is 1. The smallest absolute Gasteiger partial charge is 0.136 e. The van der Waals surface area contributed by atoms with Crippen LogP contribution in [0.15, 0.2) is 0 Å². The number of hydrogen-bond donors (Lipinski definition) is 2. The van der Waals surface area contributed by atoms with Crippen LogP contribution in [0.4, 0.5) is 0 Å². The summed E-state index contributed by atoms with van der Waals surface area (Å²) in [6.07, 6.45) is 6.96. The number of aliphatic hydroxyl groups is 2. The Bertz CT molecular complexity index is 531. The van der Waals surface area contributed by atoms with Crippen LogP contribution in [0, 0.1) is 40.4 Å². The van der Waals surface area contributed by atoms with Gasteiger partial charge in [0.15, 0.2) is 0 Å². The largest absolute Gasteiger partial charge is 0.390 e. The average Bonchev–Trinajstić information content (AvgIpc) is 2.78. The first-order valence-corrected chi connectivity index (χ1v) is 10.2. The van der Waals surface area contributed by atoms with Gasteiger partial charge in [0.05, 0.1) is 12.2 Å². The number of rotatable bonds is 1. The Morgan fingerprint density at radius 2 is 1.79 bits per heavy atom. The predicted molar refractivity (Wildman–Crippen MR) is 93.3 cm³/mol. The Balaban J connectivity index is 1.64. The van der Waals surface area contributed by atoms with Crippen molar-refractivity contribution in [2.75, 3.05) is 0 Å². The molecule has 0 aromatic heterocycles. The molecule has 9 atom stereocenters. The normalized spacial score (nSPS) is 57.2. The molecular formula is C21H34O3. The topological polar surface area (TPSA) is 57.5 Å². The van der Waals surface area contributed by atoms with Gasteiger partial charge in [-0.2, -0.15) is 0 Å². The van der Waals surface area contributed by atoms with E-state index in [2.05, 4.69) is 20.8 Å². The van der Waals surface area contributed by atoms with Gasteiger partial charge in [-0.25, -0.2) is 0 Å². The van der Waals surface area contributed by atoms with Crippen LogP contribution in [0.1, 0.15) is 72.1 Å². The maximum Gasteiger partial charge on any atom is 0.136 e. The van der Waals surface area contributed by atoms with Gasteiger partial charge >= 0.3 is 0 Å². The number of fused-ring (bicyclic) bond motifs is 5. The molecule has 0 spiro atoms. The van der Waals surface area contributed by atoms with Crippen molar-refractivity contribution in [1.29, 1.82) is 0 Å². The number of aliphatic hydroxyl groups excluding tert-OH is 2. The summed E-state index contributed by atoms with van der Waals surface area (Å²) in [7, 11) is 0. The highest BCUT2D eigenvalue weighted by Gasteiger charge is 2.62. The maximum absolute atomic E-state index is 12.6. The van der Waals surface area contributed by atoms with E-state index in [1.165, 1.54) is 25.7 Å². The molecule has 2 N–H and O–H groups in total. The Morgan fingerprint density at radius 1 is 1.04 bits per heavy atom. The highest BCUT2D eigenvalue weighted by atomic mass is 16.3. The highest BCUT2D eigenvalue weighted by molar-refractivity contribution is 5.84. The van der Waals surface area contributed by atoms with Gasteiger partial charge < -0.3 is 10.2 Å². The first-order valence-electron chi connectivity index (χ1n) is 10.2. The molecule has 0 bridgehead atoms. The molecule has 136 valence electrons. The highest BCUT2D eigenvalue weighted by Crippen LogP contribution is 2.67. The summed E-state index contributed by atoms with van der Waals surface area (Å²) in [6.45, 7) is 6.94. The second kappa shape index (κ2) is 5.54. The minimum atomic E-state index is -0.563. The molecule has 4 aliphatic rings. The summed E-state index contributed by atoms with van der Waals surface area (Å²) in [6, 6.07) is 0. The molecule has 4 saturated carbocycles. The van der Waals surface area contributed by atoms with Crippen molar-refractivity contribution >= 4 is 5.78 Å². The van der Waals surface area contributed by atoms with E-state index in [0.29, 0.717) is 29.5 Å². The van der Waals surface area contributed by atoms with Crippen LogP contribution in [0.25, 0.3) is 0 Å². The van der Waals surface area contributed by atoms with Crippen molar-refractivity contribution in [1.82, 2.24) is 0 Å². The first-order chi connectivity index (χ1) is 11.3. The van der Waals surface area contributed by atoms with E-state index >= 15 is 0 Å². The van der Waals surface area contributed by atoms with Gasteiger partial charge in [-0.15, -0.1) is 0 Å². The van der Waals surface area contributed by atoms with E-state index < -0.39 is 12.2 Å². The van der Waals surface area contributed by atoms with Crippen LogP contribution in [-0.4, -0.2) is 28.2 Å². The van der Waals surface area contributed by atoms with Crippen LogP contribution in [-0.2, 0) is 4.79 Å². The lowest BCUT2D eigenvalue weighted by Crippen LogP contribution is -2.56. The van der Waals surface area contributed by atoms with Crippen molar-refractivity contribution < 1.29 is 15.0 Å². The van der Waals surface area contributed by atoms with E-state index in [1.54, 1.807) is 0 Å². The average molecular weight is 335 g/mol. The van der Waals surface area contributed by atoms with E-state index in [1.807, 2.05) is 0 Å². The number of Topliss-reactive ketones (excluding diaryl/α,β-unsaturated/α-hetero) is 1. The molecule has 4 fully saturated rings. The van der Waals surface area contributed by atoms with Crippen molar-refractivity contribution in [3.63, 3.8) is 0 Å². The maximum atomic E-state index is 12.6. The lowest BCUT2D eigenvalue weighted by molar-refractivity contribution is -0.159. The first kappa shape index (κ1) is 17.0. The van der Waals surface area contributed by atoms with Gasteiger partial charge in [0.2, 0.25) is 0 Å². The molecule has 3 heteroatoms. The zero-order chi connectivity index (χ0) is 17.3.